The summed E-state index contributed by atoms with van der Waals surface area (Å²) >= 11 is 0. The molecule has 0 radical (unpaired) electrons. The first-order chi connectivity index (χ1) is 12.9. The number of amides is 1. The van der Waals surface area contributed by atoms with E-state index in [2.05, 4.69) is 14.7 Å². The van der Waals surface area contributed by atoms with Crippen molar-refractivity contribution < 1.29 is 22.5 Å². The molecule has 1 amide bonds. The van der Waals surface area contributed by atoms with Crippen LogP contribution < -0.4 is 0 Å². The predicted molar refractivity (Wildman–Crippen MR) is 90.8 cm³/mol. The fraction of sp³-hybridized carbons (Fsp3) is 0.526. The van der Waals surface area contributed by atoms with E-state index in [9.17, 15) is 18.0 Å². The summed E-state index contributed by atoms with van der Waals surface area (Å²) in [6.45, 7) is 0.765. The SMILES string of the molecule is O=C(c1ccc(-c2noc(C(F)(F)F)n2)cc1)N1CCC[C@H]2CCCC[C@H]21. The van der Waals surface area contributed by atoms with Crippen LogP contribution in [0.1, 0.15) is 54.8 Å². The summed E-state index contributed by atoms with van der Waals surface area (Å²) in [5.41, 5.74) is 0.907. The zero-order valence-corrected chi connectivity index (χ0v) is 14.7. The van der Waals surface area contributed by atoms with Crippen molar-refractivity contribution in [2.75, 3.05) is 6.54 Å². The van der Waals surface area contributed by atoms with Gasteiger partial charge in [0.05, 0.1) is 0 Å². The Kier molecular flexibility index (Phi) is 4.65. The fourth-order valence-electron chi connectivity index (χ4n) is 4.26. The van der Waals surface area contributed by atoms with Crippen LogP contribution in [-0.4, -0.2) is 33.5 Å². The van der Waals surface area contributed by atoms with Gasteiger partial charge in [-0.15, -0.1) is 0 Å². The molecule has 1 aliphatic carbocycles. The summed E-state index contributed by atoms with van der Waals surface area (Å²) in [6.07, 6.45) is 2.17. The summed E-state index contributed by atoms with van der Waals surface area (Å²) in [5, 5.41) is 3.37. The van der Waals surface area contributed by atoms with Crippen LogP contribution in [0.15, 0.2) is 28.8 Å². The minimum Gasteiger partial charge on any atom is -0.335 e. The van der Waals surface area contributed by atoms with Crippen LogP contribution in [0.3, 0.4) is 0 Å². The standard InChI is InChI=1S/C19H20F3N3O2/c20-19(21,22)18-23-16(24-27-18)13-7-9-14(10-8-13)17(26)25-11-3-5-12-4-1-2-6-15(12)25/h7-10,12,15H,1-6,11H2/t12-,15-/m1/s1. The van der Waals surface area contributed by atoms with Gasteiger partial charge < -0.3 is 9.42 Å². The average molecular weight is 379 g/mol. The van der Waals surface area contributed by atoms with Gasteiger partial charge in [-0.2, -0.15) is 18.2 Å². The Labute approximate surface area is 154 Å². The van der Waals surface area contributed by atoms with Crippen molar-refractivity contribution in [2.24, 2.45) is 5.92 Å². The molecular formula is C19H20F3N3O2. The van der Waals surface area contributed by atoms with Crippen molar-refractivity contribution in [2.45, 2.75) is 50.7 Å². The molecule has 8 heteroatoms. The lowest BCUT2D eigenvalue weighted by Gasteiger charge is -2.44. The number of fused-ring (bicyclic) bond motifs is 1. The number of hydrogen-bond donors (Lipinski definition) is 0. The number of likely N-dealkylation sites (tertiary alicyclic amines) is 1. The molecule has 5 nitrogen and oxygen atoms in total. The van der Waals surface area contributed by atoms with E-state index < -0.39 is 12.1 Å². The van der Waals surface area contributed by atoms with Crippen molar-refractivity contribution in [3.05, 3.63) is 35.7 Å². The maximum absolute atomic E-state index is 13.0. The second-order valence-corrected chi connectivity index (χ2v) is 7.25. The van der Waals surface area contributed by atoms with E-state index in [-0.39, 0.29) is 11.7 Å². The number of piperidine rings is 1. The molecule has 1 aromatic heterocycles. The molecule has 0 unspecified atom stereocenters. The average Bonchev–Trinajstić information content (AvgIpc) is 3.18. The number of hydrogen-bond acceptors (Lipinski definition) is 4. The first-order valence-corrected chi connectivity index (χ1v) is 9.26. The van der Waals surface area contributed by atoms with Crippen LogP contribution in [0, 0.1) is 5.92 Å². The quantitative estimate of drug-likeness (QED) is 0.768. The van der Waals surface area contributed by atoms with Gasteiger partial charge >= 0.3 is 12.1 Å². The number of carbonyl (C=O) groups excluding carboxylic acids is 1. The first kappa shape index (κ1) is 18.0. The highest BCUT2D eigenvalue weighted by molar-refractivity contribution is 5.95. The van der Waals surface area contributed by atoms with Crippen molar-refractivity contribution >= 4 is 5.91 Å². The molecule has 2 atom stereocenters. The van der Waals surface area contributed by atoms with Crippen LogP contribution >= 0.6 is 0 Å². The molecule has 4 rings (SSSR count). The number of carbonyl (C=O) groups is 1. The lowest BCUT2D eigenvalue weighted by molar-refractivity contribution is -0.159. The number of nitrogens with zero attached hydrogens (tertiary/aromatic N) is 3. The minimum absolute atomic E-state index is 0.0118. The molecule has 144 valence electrons. The number of rotatable bonds is 2. The topological polar surface area (TPSA) is 59.2 Å². The van der Waals surface area contributed by atoms with E-state index in [0.717, 1.165) is 25.8 Å². The second kappa shape index (κ2) is 6.98. The Balaban J connectivity index is 1.51. The van der Waals surface area contributed by atoms with E-state index in [4.69, 9.17) is 0 Å². The Hall–Kier alpha value is -2.38. The molecule has 2 heterocycles. The Morgan fingerprint density at radius 2 is 1.78 bits per heavy atom. The number of benzene rings is 1. The normalized spacial score (nSPS) is 23.1. The van der Waals surface area contributed by atoms with E-state index in [1.54, 1.807) is 24.3 Å². The summed E-state index contributed by atoms with van der Waals surface area (Å²) in [5.74, 6) is -0.945. The molecular weight excluding hydrogens is 359 g/mol. The predicted octanol–water partition coefficient (Wildman–Crippen LogP) is 4.55. The van der Waals surface area contributed by atoms with Crippen LogP contribution in [0.4, 0.5) is 13.2 Å². The van der Waals surface area contributed by atoms with Gasteiger partial charge in [0, 0.05) is 23.7 Å². The monoisotopic (exact) mass is 379 g/mol. The van der Waals surface area contributed by atoms with Crippen molar-refractivity contribution in [3.63, 3.8) is 0 Å². The molecule has 2 fully saturated rings. The van der Waals surface area contributed by atoms with Gasteiger partial charge in [0.1, 0.15) is 0 Å². The fourth-order valence-corrected chi connectivity index (χ4v) is 4.26. The van der Waals surface area contributed by atoms with Gasteiger partial charge in [0.2, 0.25) is 5.82 Å². The molecule has 2 aliphatic rings. The molecule has 0 bridgehead atoms. The maximum Gasteiger partial charge on any atom is 0.471 e. The van der Waals surface area contributed by atoms with E-state index >= 15 is 0 Å². The van der Waals surface area contributed by atoms with Gasteiger partial charge in [0.15, 0.2) is 0 Å². The van der Waals surface area contributed by atoms with E-state index in [1.165, 1.54) is 19.3 Å². The molecule has 1 saturated heterocycles. The highest BCUT2D eigenvalue weighted by atomic mass is 19.4. The summed E-state index contributed by atoms with van der Waals surface area (Å²) in [6, 6.07) is 6.66. The van der Waals surface area contributed by atoms with Crippen LogP contribution in [0.5, 0.6) is 0 Å². The summed E-state index contributed by atoms with van der Waals surface area (Å²) < 4.78 is 42.0. The van der Waals surface area contributed by atoms with Crippen LogP contribution in [0.25, 0.3) is 11.4 Å². The minimum atomic E-state index is -4.67. The summed E-state index contributed by atoms with van der Waals surface area (Å²) in [4.78, 5) is 18.3. The number of aromatic nitrogens is 2. The molecule has 27 heavy (non-hydrogen) atoms. The third kappa shape index (κ3) is 3.57. The zero-order chi connectivity index (χ0) is 19.0. The second-order valence-electron chi connectivity index (χ2n) is 7.25. The number of alkyl halides is 3. The Bertz CT molecular complexity index is 814. The van der Waals surface area contributed by atoms with Crippen molar-refractivity contribution in [1.82, 2.24) is 15.0 Å². The van der Waals surface area contributed by atoms with Crippen molar-refractivity contribution in [3.8, 4) is 11.4 Å². The van der Waals surface area contributed by atoms with Gasteiger partial charge in [-0.3, -0.25) is 4.79 Å². The highest BCUT2D eigenvalue weighted by Crippen LogP contribution is 2.36. The lowest BCUT2D eigenvalue weighted by atomic mass is 9.78. The molecule has 2 aromatic rings. The van der Waals surface area contributed by atoms with E-state index in [0.29, 0.717) is 23.1 Å². The van der Waals surface area contributed by atoms with E-state index in [1.807, 2.05) is 4.90 Å². The third-order valence-electron chi connectivity index (χ3n) is 5.56. The van der Waals surface area contributed by atoms with Gasteiger partial charge in [-0.1, -0.05) is 30.1 Å². The van der Waals surface area contributed by atoms with Gasteiger partial charge in [-0.25, -0.2) is 0 Å². The van der Waals surface area contributed by atoms with Crippen LogP contribution in [0.2, 0.25) is 0 Å². The molecule has 1 saturated carbocycles. The zero-order valence-electron chi connectivity index (χ0n) is 14.7. The third-order valence-corrected chi connectivity index (χ3v) is 5.56. The molecule has 0 spiro atoms. The van der Waals surface area contributed by atoms with Crippen LogP contribution in [-0.2, 0) is 6.18 Å². The summed E-state index contributed by atoms with van der Waals surface area (Å²) in [7, 11) is 0. The number of halogens is 3. The Morgan fingerprint density at radius 3 is 2.48 bits per heavy atom. The largest absolute Gasteiger partial charge is 0.471 e. The van der Waals surface area contributed by atoms with Crippen molar-refractivity contribution in [1.29, 1.82) is 0 Å². The smallest absolute Gasteiger partial charge is 0.335 e. The molecule has 1 aromatic carbocycles. The highest BCUT2D eigenvalue weighted by Gasteiger charge is 2.39. The lowest BCUT2D eigenvalue weighted by Crippen LogP contribution is -2.49. The molecule has 1 aliphatic heterocycles. The molecule has 0 N–H and O–H groups in total. The van der Waals surface area contributed by atoms with Gasteiger partial charge in [-0.05, 0) is 43.7 Å². The Morgan fingerprint density at radius 1 is 1.07 bits per heavy atom. The maximum atomic E-state index is 13.0. The van der Waals surface area contributed by atoms with Gasteiger partial charge in [0.25, 0.3) is 5.91 Å². The first-order valence-electron chi connectivity index (χ1n) is 9.26.